The van der Waals surface area contributed by atoms with Crippen molar-refractivity contribution in [3.05, 3.63) is 53.8 Å². The van der Waals surface area contributed by atoms with E-state index >= 15 is 0 Å². The molecule has 0 atom stereocenters. The highest BCUT2D eigenvalue weighted by Crippen LogP contribution is 2.40. The maximum Gasteiger partial charge on any atom is 0.251 e. The molecule has 2 fully saturated rings. The number of nitrogens with zero attached hydrogens (tertiary/aromatic N) is 5. The Balaban J connectivity index is 1.34. The van der Waals surface area contributed by atoms with Crippen LogP contribution in [0.4, 0.5) is 10.2 Å². The van der Waals surface area contributed by atoms with E-state index in [0.717, 1.165) is 24.5 Å². The van der Waals surface area contributed by atoms with Crippen molar-refractivity contribution >= 4 is 15.8 Å². The second-order valence-electron chi connectivity index (χ2n) is 7.90. The summed E-state index contributed by atoms with van der Waals surface area (Å²) in [5.41, 5.74) is 1.15. The zero-order chi connectivity index (χ0) is 21.6. The highest BCUT2D eigenvalue weighted by atomic mass is 32.2. The van der Waals surface area contributed by atoms with Gasteiger partial charge in [-0.15, -0.1) is 10.2 Å². The molecule has 1 aliphatic heterocycles. The standard InChI is InChI=1S/C21H22FN5O3S/c1-14-4-7-16(13-18(14)22)31(28,29)27-11-9-26(10-12-27)19-17(3-2-8-23-19)21-25-24-20(30-21)15-5-6-15/h2-4,7-8,13,15H,5-6,9-12H2,1H3. The largest absolute Gasteiger partial charge is 0.420 e. The van der Waals surface area contributed by atoms with Gasteiger partial charge in [-0.25, -0.2) is 17.8 Å². The van der Waals surface area contributed by atoms with E-state index in [1.54, 1.807) is 13.1 Å². The molecule has 8 nitrogen and oxygen atoms in total. The first-order valence-corrected chi connectivity index (χ1v) is 11.7. The van der Waals surface area contributed by atoms with Gasteiger partial charge in [0.15, 0.2) is 0 Å². The highest BCUT2D eigenvalue weighted by molar-refractivity contribution is 7.89. The molecular formula is C21H22FN5O3S. The third-order valence-corrected chi connectivity index (χ3v) is 7.60. The molecule has 1 aromatic carbocycles. The van der Waals surface area contributed by atoms with E-state index in [9.17, 15) is 12.8 Å². The minimum atomic E-state index is -3.76. The number of sulfonamides is 1. The van der Waals surface area contributed by atoms with Crippen molar-refractivity contribution in [3.8, 4) is 11.5 Å². The summed E-state index contributed by atoms with van der Waals surface area (Å²) in [6, 6.07) is 7.71. The van der Waals surface area contributed by atoms with E-state index < -0.39 is 15.8 Å². The molecule has 5 rings (SSSR count). The van der Waals surface area contributed by atoms with Gasteiger partial charge in [0.2, 0.25) is 15.9 Å². The van der Waals surface area contributed by atoms with Gasteiger partial charge < -0.3 is 9.32 Å². The second kappa shape index (κ2) is 7.69. The molecule has 2 aromatic heterocycles. The molecule has 10 heteroatoms. The van der Waals surface area contributed by atoms with Gasteiger partial charge >= 0.3 is 0 Å². The number of rotatable bonds is 5. The summed E-state index contributed by atoms with van der Waals surface area (Å²) >= 11 is 0. The van der Waals surface area contributed by atoms with Gasteiger partial charge in [0.25, 0.3) is 5.89 Å². The Labute approximate surface area is 179 Å². The van der Waals surface area contributed by atoms with Gasteiger partial charge in [-0.05, 0) is 49.6 Å². The molecule has 0 amide bonds. The van der Waals surface area contributed by atoms with Gasteiger partial charge in [-0.1, -0.05) is 6.07 Å². The molecule has 1 saturated carbocycles. The fourth-order valence-corrected chi connectivity index (χ4v) is 5.11. The highest BCUT2D eigenvalue weighted by Gasteiger charge is 2.32. The van der Waals surface area contributed by atoms with Crippen LogP contribution in [0.25, 0.3) is 11.5 Å². The molecular weight excluding hydrogens is 421 g/mol. The maximum atomic E-state index is 13.9. The summed E-state index contributed by atoms with van der Waals surface area (Å²) in [7, 11) is -3.76. The van der Waals surface area contributed by atoms with E-state index in [1.165, 1.54) is 16.4 Å². The minimum absolute atomic E-state index is 0.0268. The van der Waals surface area contributed by atoms with Crippen LogP contribution in [-0.2, 0) is 10.0 Å². The lowest BCUT2D eigenvalue weighted by atomic mass is 10.2. The molecule has 31 heavy (non-hydrogen) atoms. The van der Waals surface area contributed by atoms with Gasteiger partial charge in [0, 0.05) is 38.3 Å². The quantitative estimate of drug-likeness (QED) is 0.599. The zero-order valence-corrected chi connectivity index (χ0v) is 17.8. The first-order chi connectivity index (χ1) is 14.9. The third kappa shape index (κ3) is 3.81. The van der Waals surface area contributed by atoms with Crippen LogP contribution in [0.2, 0.25) is 0 Å². The lowest BCUT2D eigenvalue weighted by Gasteiger charge is -2.35. The number of halogens is 1. The van der Waals surface area contributed by atoms with Crippen LogP contribution in [0.1, 0.15) is 30.2 Å². The van der Waals surface area contributed by atoms with E-state index in [1.807, 2.05) is 17.0 Å². The Kier molecular flexibility index (Phi) is 4.98. The summed E-state index contributed by atoms with van der Waals surface area (Å²) in [6.07, 6.45) is 3.83. The predicted octanol–water partition coefficient (Wildman–Crippen LogP) is 2.97. The number of aromatic nitrogens is 3. The number of pyridine rings is 1. The van der Waals surface area contributed by atoms with Crippen molar-refractivity contribution < 1.29 is 17.2 Å². The second-order valence-corrected chi connectivity index (χ2v) is 9.83. The molecule has 0 radical (unpaired) electrons. The van der Waals surface area contributed by atoms with Crippen LogP contribution in [0, 0.1) is 12.7 Å². The maximum absolute atomic E-state index is 13.9. The number of hydrogen-bond donors (Lipinski definition) is 0. The number of hydrogen-bond acceptors (Lipinski definition) is 7. The molecule has 162 valence electrons. The molecule has 0 spiro atoms. The lowest BCUT2D eigenvalue weighted by molar-refractivity contribution is 0.383. The SMILES string of the molecule is Cc1ccc(S(=O)(=O)N2CCN(c3ncccc3-c3nnc(C4CC4)o3)CC2)cc1F. The molecule has 2 aliphatic rings. The lowest BCUT2D eigenvalue weighted by Crippen LogP contribution is -2.49. The van der Waals surface area contributed by atoms with Crippen molar-refractivity contribution in [3.63, 3.8) is 0 Å². The molecule has 3 heterocycles. The van der Waals surface area contributed by atoms with Gasteiger partial charge in [-0.2, -0.15) is 4.31 Å². The van der Waals surface area contributed by atoms with Crippen molar-refractivity contribution in [1.29, 1.82) is 0 Å². The van der Waals surface area contributed by atoms with Gasteiger partial charge in [0.1, 0.15) is 11.6 Å². The molecule has 0 N–H and O–H groups in total. The Bertz CT molecular complexity index is 1220. The Morgan fingerprint density at radius 2 is 1.87 bits per heavy atom. The van der Waals surface area contributed by atoms with Crippen molar-refractivity contribution in [2.45, 2.75) is 30.6 Å². The average Bonchev–Trinajstić information content (AvgIpc) is 3.52. The fourth-order valence-electron chi connectivity index (χ4n) is 3.68. The molecule has 0 unspecified atom stereocenters. The summed E-state index contributed by atoms with van der Waals surface area (Å²) in [5, 5.41) is 8.34. The monoisotopic (exact) mass is 443 g/mol. The van der Waals surface area contributed by atoms with Crippen LogP contribution >= 0.6 is 0 Å². The van der Waals surface area contributed by atoms with Gasteiger partial charge in [0.05, 0.1) is 10.5 Å². The van der Waals surface area contributed by atoms with Crippen LogP contribution in [-0.4, -0.2) is 54.1 Å². The number of aryl methyl sites for hydroxylation is 1. The molecule has 1 saturated heterocycles. The Morgan fingerprint density at radius 3 is 2.58 bits per heavy atom. The third-order valence-electron chi connectivity index (χ3n) is 5.70. The number of anilines is 1. The topological polar surface area (TPSA) is 92.4 Å². The fraction of sp³-hybridized carbons (Fsp3) is 0.381. The average molecular weight is 444 g/mol. The van der Waals surface area contributed by atoms with E-state index in [2.05, 4.69) is 15.2 Å². The molecule has 0 bridgehead atoms. The summed E-state index contributed by atoms with van der Waals surface area (Å²) < 4.78 is 47.0. The van der Waals surface area contributed by atoms with Crippen molar-refractivity contribution in [2.24, 2.45) is 0 Å². The summed E-state index contributed by atoms with van der Waals surface area (Å²) in [6.45, 7) is 3.03. The molecule has 1 aliphatic carbocycles. The van der Waals surface area contributed by atoms with Crippen molar-refractivity contribution in [1.82, 2.24) is 19.5 Å². The first kappa shape index (κ1) is 20.1. The van der Waals surface area contributed by atoms with Crippen LogP contribution in [0.5, 0.6) is 0 Å². The van der Waals surface area contributed by atoms with E-state index in [0.29, 0.717) is 42.2 Å². The van der Waals surface area contributed by atoms with Gasteiger partial charge in [-0.3, -0.25) is 0 Å². The Morgan fingerprint density at radius 1 is 1.10 bits per heavy atom. The normalized spacial score (nSPS) is 17.8. The van der Waals surface area contributed by atoms with Crippen molar-refractivity contribution in [2.75, 3.05) is 31.1 Å². The van der Waals surface area contributed by atoms with Crippen LogP contribution in [0.15, 0.2) is 45.8 Å². The minimum Gasteiger partial charge on any atom is -0.420 e. The van der Waals surface area contributed by atoms with Crippen LogP contribution in [0.3, 0.4) is 0 Å². The van der Waals surface area contributed by atoms with E-state index in [-0.39, 0.29) is 18.0 Å². The van der Waals surface area contributed by atoms with Crippen LogP contribution < -0.4 is 4.90 Å². The first-order valence-electron chi connectivity index (χ1n) is 10.2. The number of benzene rings is 1. The summed E-state index contributed by atoms with van der Waals surface area (Å²) in [4.78, 5) is 6.48. The summed E-state index contributed by atoms with van der Waals surface area (Å²) in [5.74, 6) is 1.61. The zero-order valence-electron chi connectivity index (χ0n) is 17.0. The number of piperazine rings is 1. The Hall–Kier alpha value is -2.85. The smallest absolute Gasteiger partial charge is 0.251 e. The predicted molar refractivity (Wildman–Crippen MR) is 112 cm³/mol. The molecule has 3 aromatic rings. The van der Waals surface area contributed by atoms with E-state index in [4.69, 9.17) is 4.42 Å².